The Bertz CT molecular complexity index is 927. The molecule has 3 rings (SSSR count). The molecule has 1 saturated carbocycles. The molecule has 0 aromatic heterocycles. The van der Waals surface area contributed by atoms with Crippen LogP contribution in [0, 0.1) is 23.7 Å². The predicted octanol–water partition coefficient (Wildman–Crippen LogP) is 3.65. The highest BCUT2D eigenvalue weighted by molar-refractivity contribution is 7.92. The van der Waals surface area contributed by atoms with Crippen molar-refractivity contribution in [1.29, 1.82) is 5.26 Å². The number of nitrogens with zero attached hydrogens (tertiary/aromatic N) is 1. The first-order valence-electron chi connectivity index (χ1n) is 8.70. The third kappa shape index (κ3) is 2.94. The first-order chi connectivity index (χ1) is 12.4. The maximum absolute atomic E-state index is 13.3. The van der Waals surface area contributed by atoms with Gasteiger partial charge in [-0.05, 0) is 36.6 Å². The molecule has 0 aliphatic heterocycles. The topological polar surface area (TPSA) is 67.2 Å². The summed E-state index contributed by atoms with van der Waals surface area (Å²) in [4.78, 5) is 0.261. The number of hydrogen-bond acceptors (Lipinski definition) is 4. The van der Waals surface area contributed by atoms with Gasteiger partial charge in [0.05, 0.1) is 22.8 Å². The van der Waals surface area contributed by atoms with Gasteiger partial charge in [-0.3, -0.25) is 0 Å². The van der Waals surface area contributed by atoms with Crippen LogP contribution in [-0.4, -0.2) is 27.4 Å². The molecule has 0 heterocycles. The molecule has 2 aromatic carbocycles. The van der Waals surface area contributed by atoms with Crippen molar-refractivity contribution < 1.29 is 13.2 Å². The SMILES string of the molecule is CCc1ccc(C2C(S(=O)(=O)c3ccc(C)cc3)C2(C#N)COC)cc1. The Morgan fingerprint density at radius 2 is 1.73 bits per heavy atom. The Labute approximate surface area is 155 Å². The van der Waals surface area contributed by atoms with Gasteiger partial charge < -0.3 is 4.74 Å². The molecule has 1 fully saturated rings. The maximum atomic E-state index is 13.3. The molecule has 3 unspecified atom stereocenters. The first kappa shape index (κ1) is 18.6. The van der Waals surface area contributed by atoms with Gasteiger partial charge >= 0.3 is 0 Å². The predicted molar refractivity (Wildman–Crippen MR) is 101 cm³/mol. The molecule has 0 N–H and O–H groups in total. The van der Waals surface area contributed by atoms with Crippen LogP contribution in [0.4, 0.5) is 0 Å². The van der Waals surface area contributed by atoms with Crippen LogP contribution in [0.3, 0.4) is 0 Å². The largest absolute Gasteiger partial charge is 0.383 e. The number of sulfone groups is 1. The molecule has 5 heteroatoms. The van der Waals surface area contributed by atoms with Crippen molar-refractivity contribution in [3.63, 3.8) is 0 Å². The molecule has 0 saturated heterocycles. The van der Waals surface area contributed by atoms with Crippen LogP contribution in [-0.2, 0) is 21.0 Å². The number of aryl methyl sites for hydroxylation is 2. The molecule has 26 heavy (non-hydrogen) atoms. The van der Waals surface area contributed by atoms with E-state index < -0.39 is 20.5 Å². The van der Waals surface area contributed by atoms with Crippen LogP contribution in [0.25, 0.3) is 0 Å². The van der Waals surface area contributed by atoms with Crippen molar-refractivity contribution in [3.05, 3.63) is 65.2 Å². The van der Waals surface area contributed by atoms with E-state index in [4.69, 9.17) is 4.74 Å². The molecule has 4 nitrogen and oxygen atoms in total. The third-order valence-electron chi connectivity index (χ3n) is 5.28. The zero-order valence-electron chi connectivity index (χ0n) is 15.3. The van der Waals surface area contributed by atoms with Gasteiger partial charge in [0.15, 0.2) is 9.84 Å². The lowest BCUT2D eigenvalue weighted by molar-refractivity contribution is 0.162. The van der Waals surface area contributed by atoms with Gasteiger partial charge in [-0.15, -0.1) is 0 Å². The van der Waals surface area contributed by atoms with E-state index in [2.05, 4.69) is 13.0 Å². The molecule has 0 spiro atoms. The second kappa shape index (κ2) is 6.86. The summed E-state index contributed by atoms with van der Waals surface area (Å²) in [5.41, 5.74) is 2.00. The summed E-state index contributed by atoms with van der Waals surface area (Å²) in [5, 5.41) is 9.05. The molecular formula is C21H23NO3S. The number of ether oxygens (including phenoxy) is 1. The average molecular weight is 369 g/mol. The van der Waals surface area contributed by atoms with E-state index in [9.17, 15) is 13.7 Å². The highest BCUT2D eigenvalue weighted by atomic mass is 32.2. The minimum atomic E-state index is -3.64. The Morgan fingerprint density at radius 1 is 1.12 bits per heavy atom. The minimum absolute atomic E-state index is 0.0967. The highest BCUT2D eigenvalue weighted by Crippen LogP contribution is 2.63. The van der Waals surface area contributed by atoms with E-state index >= 15 is 0 Å². The molecular weight excluding hydrogens is 346 g/mol. The Hall–Kier alpha value is -2.16. The molecule has 0 radical (unpaired) electrons. The monoisotopic (exact) mass is 369 g/mol. The second-order valence-electron chi connectivity index (χ2n) is 6.94. The van der Waals surface area contributed by atoms with E-state index in [0.717, 1.165) is 17.5 Å². The van der Waals surface area contributed by atoms with Gasteiger partial charge in [0.2, 0.25) is 0 Å². The lowest BCUT2D eigenvalue weighted by atomic mass is 10.00. The molecule has 136 valence electrons. The smallest absolute Gasteiger partial charge is 0.183 e. The second-order valence-corrected chi connectivity index (χ2v) is 9.01. The van der Waals surface area contributed by atoms with Gasteiger partial charge in [0.1, 0.15) is 5.41 Å². The number of methoxy groups -OCH3 is 1. The number of nitriles is 1. The first-order valence-corrected chi connectivity index (χ1v) is 10.2. The average Bonchev–Trinajstić information content (AvgIpc) is 3.32. The quantitative estimate of drug-likeness (QED) is 0.779. The lowest BCUT2D eigenvalue weighted by Gasteiger charge is -2.08. The van der Waals surface area contributed by atoms with Crippen LogP contribution >= 0.6 is 0 Å². The van der Waals surface area contributed by atoms with E-state index in [1.165, 1.54) is 12.7 Å². The molecule has 1 aliphatic rings. The van der Waals surface area contributed by atoms with Crippen molar-refractivity contribution in [3.8, 4) is 6.07 Å². The summed E-state index contributed by atoms with van der Waals surface area (Å²) in [6.07, 6.45) is 0.914. The van der Waals surface area contributed by atoms with Gasteiger partial charge in [0, 0.05) is 13.0 Å². The van der Waals surface area contributed by atoms with Gasteiger partial charge in [0.25, 0.3) is 0 Å². The summed E-state index contributed by atoms with van der Waals surface area (Å²) >= 11 is 0. The summed E-state index contributed by atoms with van der Waals surface area (Å²) in [5.74, 6) is -0.385. The van der Waals surface area contributed by atoms with Crippen molar-refractivity contribution in [1.82, 2.24) is 0 Å². The summed E-state index contributed by atoms with van der Waals surface area (Å²) < 4.78 is 31.8. The van der Waals surface area contributed by atoms with E-state index in [1.54, 1.807) is 24.3 Å². The number of rotatable bonds is 6. The highest BCUT2D eigenvalue weighted by Gasteiger charge is 2.72. The molecule has 3 atom stereocenters. The van der Waals surface area contributed by atoms with E-state index in [1.807, 2.05) is 31.2 Å². The van der Waals surface area contributed by atoms with Crippen LogP contribution < -0.4 is 0 Å². The normalized spacial score (nSPS) is 24.8. The summed E-state index contributed by atoms with van der Waals surface area (Å²) in [6.45, 7) is 4.08. The lowest BCUT2D eigenvalue weighted by Crippen LogP contribution is -2.19. The summed E-state index contributed by atoms with van der Waals surface area (Å²) in [7, 11) is -2.14. The Kier molecular flexibility index (Phi) is 4.92. The Balaban J connectivity index is 2.05. The van der Waals surface area contributed by atoms with Crippen LogP contribution in [0.15, 0.2) is 53.4 Å². The van der Waals surface area contributed by atoms with Crippen molar-refractivity contribution >= 4 is 9.84 Å². The zero-order valence-corrected chi connectivity index (χ0v) is 16.1. The minimum Gasteiger partial charge on any atom is -0.383 e. The molecule has 0 amide bonds. The van der Waals surface area contributed by atoms with Gasteiger partial charge in [-0.25, -0.2) is 8.42 Å². The van der Waals surface area contributed by atoms with Crippen LogP contribution in [0.2, 0.25) is 0 Å². The number of hydrogen-bond donors (Lipinski definition) is 0. The Morgan fingerprint density at radius 3 is 2.23 bits per heavy atom. The van der Waals surface area contributed by atoms with E-state index in [-0.39, 0.29) is 17.4 Å². The molecule has 2 aromatic rings. The van der Waals surface area contributed by atoms with Gasteiger partial charge in [-0.1, -0.05) is 48.9 Å². The van der Waals surface area contributed by atoms with Crippen molar-refractivity contribution in [2.75, 3.05) is 13.7 Å². The summed E-state index contributed by atoms with van der Waals surface area (Å²) in [6, 6.07) is 16.9. The fraction of sp³-hybridized carbons (Fsp3) is 0.381. The fourth-order valence-electron chi connectivity index (χ4n) is 3.74. The number of benzene rings is 2. The maximum Gasteiger partial charge on any atom is 0.183 e. The fourth-order valence-corrected chi connectivity index (χ4v) is 6.05. The van der Waals surface area contributed by atoms with Gasteiger partial charge in [-0.2, -0.15) is 5.26 Å². The van der Waals surface area contributed by atoms with E-state index in [0.29, 0.717) is 0 Å². The van der Waals surface area contributed by atoms with Crippen LogP contribution in [0.1, 0.15) is 29.5 Å². The molecule has 1 aliphatic carbocycles. The zero-order chi connectivity index (χ0) is 18.9. The third-order valence-corrected chi connectivity index (χ3v) is 7.57. The van der Waals surface area contributed by atoms with Crippen molar-refractivity contribution in [2.24, 2.45) is 5.41 Å². The van der Waals surface area contributed by atoms with Crippen molar-refractivity contribution in [2.45, 2.75) is 36.3 Å². The van der Waals surface area contributed by atoms with Crippen LogP contribution in [0.5, 0.6) is 0 Å². The molecule has 0 bridgehead atoms. The standard InChI is InChI=1S/C21H23NO3S/c1-4-16-7-9-17(10-8-16)19-20(21(19,13-22)14-25-3)26(23,24)18-11-5-15(2)6-12-18/h5-12,19-20H,4,14H2,1-3H3.